The van der Waals surface area contributed by atoms with E-state index < -0.39 is 0 Å². The molecule has 0 spiro atoms. The molecule has 1 unspecified atom stereocenters. The fourth-order valence-electron chi connectivity index (χ4n) is 1.89. The monoisotopic (exact) mass is 278 g/mol. The lowest BCUT2D eigenvalue weighted by atomic mass is 10.1. The first-order valence-corrected chi connectivity index (χ1v) is 7.08. The van der Waals surface area contributed by atoms with Gasteiger partial charge in [-0.3, -0.25) is 0 Å². The van der Waals surface area contributed by atoms with E-state index in [0.717, 1.165) is 12.8 Å². The lowest BCUT2D eigenvalue weighted by Crippen LogP contribution is -2.12. The highest BCUT2D eigenvalue weighted by atomic mass is 32.1. The molecule has 2 aromatic heterocycles. The fraction of sp³-hybridized carbons (Fsp3) is 0.385. The predicted molar refractivity (Wildman–Crippen MR) is 78.6 cm³/mol. The van der Waals surface area contributed by atoms with E-state index in [2.05, 4.69) is 33.7 Å². The Morgan fingerprint density at radius 2 is 2.32 bits per heavy atom. The average molecular weight is 278 g/mol. The molecule has 2 rings (SSSR count). The quantitative estimate of drug-likeness (QED) is 0.849. The standard InChI is InChI=1S/C13H18N4OS/c1-3-5-9(10-6-4-7-19-10)17-12-11(14)13(18-2)16-8-15-12/h4,6-9H,3,5,14H2,1-2H3,(H,15,16,17). The Kier molecular flexibility index (Phi) is 4.57. The molecule has 0 aliphatic carbocycles. The summed E-state index contributed by atoms with van der Waals surface area (Å²) in [5.41, 5.74) is 6.43. The summed E-state index contributed by atoms with van der Waals surface area (Å²) >= 11 is 1.73. The Labute approximate surface area is 116 Å². The summed E-state index contributed by atoms with van der Waals surface area (Å²) in [5.74, 6) is 1.03. The molecule has 0 fully saturated rings. The second-order valence-electron chi connectivity index (χ2n) is 4.15. The molecule has 6 heteroatoms. The van der Waals surface area contributed by atoms with Gasteiger partial charge in [0.25, 0.3) is 0 Å². The van der Waals surface area contributed by atoms with Gasteiger partial charge in [-0.15, -0.1) is 11.3 Å². The summed E-state index contributed by atoms with van der Waals surface area (Å²) in [6.07, 6.45) is 3.55. The van der Waals surface area contributed by atoms with Gasteiger partial charge < -0.3 is 15.8 Å². The number of nitrogen functional groups attached to an aromatic ring is 1. The zero-order valence-corrected chi connectivity index (χ0v) is 11.9. The van der Waals surface area contributed by atoms with Crippen molar-refractivity contribution in [3.05, 3.63) is 28.7 Å². The van der Waals surface area contributed by atoms with Crippen LogP contribution in [0.2, 0.25) is 0 Å². The number of thiophene rings is 1. The molecular formula is C13H18N4OS. The molecule has 1 atom stereocenters. The van der Waals surface area contributed by atoms with Gasteiger partial charge in [-0.25, -0.2) is 4.98 Å². The third-order valence-corrected chi connectivity index (χ3v) is 3.80. The fourth-order valence-corrected chi connectivity index (χ4v) is 2.70. The Bertz CT molecular complexity index is 515. The first-order valence-electron chi connectivity index (χ1n) is 6.20. The van der Waals surface area contributed by atoms with Gasteiger partial charge in [0.2, 0.25) is 5.88 Å². The highest BCUT2D eigenvalue weighted by molar-refractivity contribution is 7.10. The van der Waals surface area contributed by atoms with Crippen LogP contribution >= 0.6 is 11.3 Å². The van der Waals surface area contributed by atoms with Crippen molar-refractivity contribution < 1.29 is 4.74 Å². The van der Waals surface area contributed by atoms with Crippen molar-refractivity contribution in [2.24, 2.45) is 0 Å². The van der Waals surface area contributed by atoms with Crippen LogP contribution in [-0.2, 0) is 0 Å². The van der Waals surface area contributed by atoms with Crippen molar-refractivity contribution in [3.63, 3.8) is 0 Å². The van der Waals surface area contributed by atoms with Crippen LogP contribution in [0.3, 0.4) is 0 Å². The first kappa shape index (κ1) is 13.6. The number of nitrogens with one attached hydrogen (secondary N) is 1. The number of rotatable bonds is 6. The maximum Gasteiger partial charge on any atom is 0.242 e. The van der Waals surface area contributed by atoms with Crippen LogP contribution in [0.5, 0.6) is 5.88 Å². The van der Waals surface area contributed by atoms with E-state index in [0.29, 0.717) is 17.4 Å². The van der Waals surface area contributed by atoms with E-state index in [-0.39, 0.29) is 6.04 Å². The molecule has 0 saturated carbocycles. The SMILES string of the molecule is CCCC(Nc1ncnc(OC)c1N)c1cccs1. The molecule has 0 aliphatic rings. The molecule has 0 radical (unpaired) electrons. The summed E-state index contributed by atoms with van der Waals surface area (Å²) in [5, 5.41) is 5.45. The van der Waals surface area contributed by atoms with Crippen LogP contribution in [0, 0.1) is 0 Å². The van der Waals surface area contributed by atoms with Crippen LogP contribution in [0.1, 0.15) is 30.7 Å². The van der Waals surface area contributed by atoms with Crippen LogP contribution in [-0.4, -0.2) is 17.1 Å². The molecular weight excluding hydrogens is 260 g/mol. The van der Waals surface area contributed by atoms with Crippen molar-refractivity contribution in [1.82, 2.24) is 9.97 Å². The van der Waals surface area contributed by atoms with Gasteiger partial charge in [0.1, 0.15) is 12.0 Å². The predicted octanol–water partition coefficient (Wildman–Crippen LogP) is 3.08. The Morgan fingerprint density at radius 1 is 1.47 bits per heavy atom. The van der Waals surface area contributed by atoms with Crippen LogP contribution in [0.15, 0.2) is 23.8 Å². The first-order chi connectivity index (χ1) is 9.26. The average Bonchev–Trinajstić information content (AvgIpc) is 2.94. The number of hydrogen-bond donors (Lipinski definition) is 2. The third kappa shape index (κ3) is 3.14. The van der Waals surface area contributed by atoms with Crippen LogP contribution < -0.4 is 15.8 Å². The summed E-state index contributed by atoms with van der Waals surface area (Å²) in [4.78, 5) is 9.45. The van der Waals surface area contributed by atoms with Gasteiger partial charge in [0, 0.05) is 4.88 Å². The molecule has 2 heterocycles. The summed E-state index contributed by atoms with van der Waals surface area (Å²) in [6, 6.07) is 4.38. The lowest BCUT2D eigenvalue weighted by Gasteiger charge is -2.18. The topological polar surface area (TPSA) is 73.1 Å². The molecule has 0 amide bonds. The molecule has 0 aromatic carbocycles. The number of methoxy groups -OCH3 is 1. The molecule has 0 saturated heterocycles. The molecule has 3 N–H and O–H groups in total. The van der Waals surface area contributed by atoms with E-state index in [9.17, 15) is 0 Å². The van der Waals surface area contributed by atoms with Crippen molar-refractivity contribution >= 4 is 22.8 Å². The number of ether oxygens (including phenoxy) is 1. The van der Waals surface area contributed by atoms with E-state index >= 15 is 0 Å². The maximum atomic E-state index is 5.98. The van der Waals surface area contributed by atoms with Crippen molar-refractivity contribution in [1.29, 1.82) is 0 Å². The minimum atomic E-state index is 0.215. The summed E-state index contributed by atoms with van der Waals surface area (Å²) < 4.78 is 5.10. The Hall–Kier alpha value is -1.82. The van der Waals surface area contributed by atoms with Gasteiger partial charge in [-0.05, 0) is 17.9 Å². The summed E-state index contributed by atoms with van der Waals surface area (Å²) in [6.45, 7) is 2.16. The van der Waals surface area contributed by atoms with Crippen molar-refractivity contribution in [2.45, 2.75) is 25.8 Å². The van der Waals surface area contributed by atoms with Gasteiger partial charge in [-0.1, -0.05) is 19.4 Å². The normalized spacial score (nSPS) is 12.1. The molecule has 102 valence electrons. The lowest BCUT2D eigenvalue weighted by molar-refractivity contribution is 0.399. The highest BCUT2D eigenvalue weighted by Gasteiger charge is 2.15. The summed E-state index contributed by atoms with van der Waals surface area (Å²) in [7, 11) is 1.55. The van der Waals surface area contributed by atoms with Gasteiger partial charge >= 0.3 is 0 Å². The van der Waals surface area contributed by atoms with Gasteiger partial charge in [-0.2, -0.15) is 4.98 Å². The van der Waals surface area contributed by atoms with E-state index in [1.807, 2.05) is 6.07 Å². The minimum absolute atomic E-state index is 0.215. The molecule has 0 aliphatic heterocycles. The molecule has 19 heavy (non-hydrogen) atoms. The van der Waals surface area contributed by atoms with Gasteiger partial charge in [0.05, 0.1) is 13.2 Å². The number of anilines is 2. The van der Waals surface area contributed by atoms with E-state index in [1.165, 1.54) is 11.2 Å². The zero-order valence-electron chi connectivity index (χ0n) is 11.1. The maximum absolute atomic E-state index is 5.98. The van der Waals surface area contributed by atoms with Crippen molar-refractivity contribution in [2.75, 3.05) is 18.2 Å². The number of aromatic nitrogens is 2. The second-order valence-corrected chi connectivity index (χ2v) is 5.13. The Morgan fingerprint density at radius 3 is 2.95 bits per heavy atom. The number of hydrogen-bond acceptors (Lipinski definition) is 6. The minimum Gasteiger partial charge on any atom is -0.479 e. The van der Waals surface area contributed by atoms with Crippen LogP contribution in [0.25, 0.3) is 0 Å². The highest BCUT2D eigenvalue weighted by Crippen LogP contribution is 2.31. The molecule has 0 bridgehead atoms. The number of nitrogens with zero attached hydrogens (tertiary/aromatic N) is 2. The Balaban J connectivity index is 2.22. The van der Waals surface area contributed by atoms with Crippen molar-refractivity contribution in [3.8, 4) is 5.88 Å². The molecule has 2 aromatic rings. The van der Waals surface area contributed by atoms with E-state index in [4.69, 9.17) is 10.5 Å². The number of nitrogens with two attached hydrogens (primary N) is 1. The van der Waals surface area contributed by atoms with E-state index in [1.54, 1.807) is 18.4 Å². The van der Waals surface area contributed by atoms with Gasteiger partial charge in [0.15, 0.2) is 5.82 Å². The zero-order chi connectivity index (χ0) is 13.7. The molecule has 5 nitrogen and oxygen atoms in total. The second kappa shape index (κ2) is 6.38. The largest absolute Gasteiger partial charge is 0.479 e. The smallest absolute Gasteiger partial charge is 0.242 e. The van der Waals surface area contributed by atoms with Crippen LogP contribution in [0.4, 0.5) is 11.5 Å². The third-order valence-electron chi connectivity index (χ3n) is 2.82.